The van der Waals surface area contributed by atoms with E-state index in [1.165, 1.54) is 14.2 Å². The van der Waals surface area contributed by atoms with Crippen LogP contribution in [0, 0.1) is 0 Å². The average Bonchev–Trinajstić information content (AvgIpc) is 2.37. The van der Waals surface area contributed by atoms with Gasteiger partial charge in [-0.1, -0.05) is 46.3 Å². The van der Waals surface area contributed by atoms with E-state index in [-0.39, 0.29) is 0 Å². The number of halogens is 1. The molecule has 16 heavy (non-hydrogen) atoms. The average molecular weight is 309 g/mol. The second kappa shape index (κ2) is 5.94. The lowest BCUT2D eigenvalue weighted by Gasteiger charge is -2.23. The molecule has 1 N–H and O–H groups in total. The zero-order valence-electron chi connectivity index (χ0n) is 9.04. The Balaban J connectivity index is 2.90. The molecule has 0 saturated carbocycles. The van der Waals surface area contributed by atoms with Crippen molar-refractivity contribution in [2.45, 2.75) is 10.7 Å². The van der Waals surface area contributed by atoms with Crippen LogP contribution in [0.3, 0.4) is 0 Å². The van der Waals surface area contributed by atoms with Crippen LogP contribution >= 0.6 is 23.5 Å². The normalized spacial score (nSPS) is 15.8. The summed E-state index contributed by atoms with van der Waals surface area (Å²) in [6.07, 6.45) is 0. The van der Waals surface area contributed by atoms with Gasteiger partial charge in [0.15, 0.2) is 5.85 Å². The molecule has 4 nitrogen and oxygen atoms in total. The van der Waals surface area contributed by atoms with E-state index in [0.717, 1.165) is 5.56 Å². The van der Waals surface area contributed by atoms with Crippen molar-refractivity contribution in [1.82, 2.24) is 0 Å². The fraction of sp³-hybridized carbons (Fsp3) is 0.400. The van der Waals surface area contributed by atoms with Gasteiger partial charge in [-0.05, 0) is 5.56 Å². The minimum absolute atomic E-state index is 0.501. The molecular formula is C10H14BrO4P. The standard InChI is InChI=1S/C10H14BrO4P/c1-14-16(13,15-2)10(12)9(11)8-6-4-3-5-7-8/h3-7,9-10,12H,1-2H3/t9-,10-/m1/s1. The van der Waals surface area contributed by atoms with Gasteiger partial charge in [-0.25, -0.2) is 0 Å². The minimum atomic E-state index is -3.49. The van der Waals surface area contributed by atoms with Crippen LogP contribution in [0.2, 0.25) is 0 Å². The number of hydrogen-bond acceptors (Lipinski definition) is 4. The van der Waals surface area contributed by atoms with Gasteiger partial charge in [0, 0.05) is 14.2 Å². The molecule has 6 heteroatoms. The molecule has 0 saturated heterocycles. The first-order valence-corrected chi connectivity index (χ1v) is 7.16. The molecule has 0 spiro atoms. The Hall–Kier alpha value is -0.190. The van der Waals surface area contributed by atoms with Gasteiger partial charge < -0.3 is 14.2 Å². The van der Waals surface area contributed by atoms with Crippen molar-refractivity contribution in [2.24, 2.45) is 0 Å². The quantitative estimate of drug-likeness (QED) is 0.671. The van der Waals surface area contributed by atoms with Gasteiger partial charge in [-0.3, -0.25) is 4.57 Å². The van der Waals surface area contributed by atoms with E-state index >= 15 is 0 Å². The van der Waals surface area contributed by atoms with E-state index in [1.54, 1.807) is 0 Å². The molecule has 0 bridgehead atoms. The predicted molar refractivity (Wildman–Crippen MR) is 65.7 cm³/mol. The molecule has 0 amide bonds. The van der Waals surface area contributed by atoms with E-state index in [2.05, 4.69) is 15.9 Å². The number of aliphatic hydroxyl groups is 1. The Bertz CT molecular complexity index is 362. The molecule has 2 atom stereocenters. The first-order chi connectivity index (χ1) is 7.55. The predicted octanol–water partition coefficient (Wildman–Crippen LogP) is 2.93. The molecule has 0 aromatic heterocycles. The SMILES string of the molecule is COP(=O)(OC)[C@@H](O)[C@H](Br)c1ccccc1. The molecule has 1 rings (SSSR count). The number of hydrogen-bond donors (Lipinski definition) is 1. The minimum Gasteiger partial charge on any atom is -0.379 e. The molecule has 0 aliphatic carbocycles. The number of aliphatic hydroxyl groups excluding tert-OH is 1. The first kappa shape index (κ1) is 13.9. The van der Waals surface area contributed by atoms with Gasteiger partial charge in [-0.2, -0.15) is 0 Å². The van der Waals surface area contributed by atoms with Crippen LogP contribution in [0.15, 0.2) is 30.3 Å². The maximum Gasteiger partial charge on any atom is 0.359 e. The summed E-state index contributed by atoms with van der Waals surface area (Å²) >= 11 is 3.29. The first-order valence-electron chi connectivity index (χ1n) is 4.63. The molecule has 0 unspecified atom stereocenters. The van der Waals surface area contributed by atoms with Crippen molar-refractivity contribution in [3.05, 3.63) is 35.9 Å². The van der Waals surface area contributed by atoms with Crippen LogP contribution in [-0.2, 0) is 13.6 Å². The maximum absolute atomic E-state index is 11.9. The summed E-state index contributed by atoms with van der Waals surface area (Å²) in [7, 11) is -0.989. The molecule has 1 aromatic rings. The summed E-state index contributed by atoms with van der Waals surface area (Å²) in [4.78, 5) is -0.501. The van der Waals surface area contributed by atoms with Crippen molar-refractivity contribution in [2.75, 3.05) is 14.2 Å². The molecule has 90 valence electrons. The maximum atomic E-state index is 11.9. The smallest absolute Gasteiger partial charge is 0.359 e. The van der Waals surface area contributed by atoms with Gasteiger partial charge in [0.2, 0.25) is 0 Å². The highest BCUT2D eigenvalue weighted by molar-refractivity contribution is 9.09. The van der Waals surface area contributed by atoms with Gasteiger partial charge in [-0.15, -0.1) is 0 Å². The fourth-order valence-electron chi connectivity index (χ4n) is 1.26. The summed E-state index contributed by atoms with van der Waals surface area (Å²) in [6, 6.07) is 9.17. The summed E-state index contributed by atoms with van der Waals surface area (Å²) < 4.78 is 21.4. The van der Waals surface area contributed by atoms with E-state index in [4.69, 9.17) is 9.05 Å². The lowest BCUT2D eigenvalue weighted by Crippen LogP contribution is -2.16. The summed E-state index contributed by atoms with van der Waals surface area (Å²) in [5, 5.41) is 9.93. The molecule has 0 aliphatic heterocycles. The summed E-state index contributed by atoms with van der Waals surface area (Å²) in [6.45, 7) is 0. The van der Waals surface area contributed by atoms with Crippen LogP contribution < -0.4 is 0 Å². The third kappa shape index (κ3) is 2.93. The number of rotatable bonds is 5. The summed E-state index contributed by atoms with van der Waals surface area (Å²) in [5.41, 5.74) is 0.810. The number of alkyl halides is 1. The summed E-state index contributed by atoms with van der Waals surface area (Å²) in [5.74, 6) is -1.25. The Morgan fingerprint density at radius 3 is 2.19 bits per heavy atom. The van der Waals surface area contributed by atoms with Gasteiger partial charge in [0.05, 0.1) is 4.83 Å². The third-order valence-electron chi connectivity index (χ3n) is 2.21. The van der Waals surface area contributed by atoms with Crippen LogP contribution in [0.5, 0.6) is 0 Å². The van der Waals surface area contributed by atoms with Crippen LogP contribution in [0.4, 0.5) is 0 Å². The Morgan fingerprint density at radius 1 is 1.25 bits per heavy atom. The Labute approximate surface area is 103 Å². The highest BCUT2D eigenvalue weighted by Gasteiger charge is 2.38. The van der Waals surface area contributed by atoms with Crippen molar-refractivity contribution in [1.29, 1.82) is 0 Å². The van der Waals surface area contributed by atoms with E-state index < -0.39 is 18.3 Å². The molecular weight excluding hydrogens is 295 g/mol. The topological polar surface area (TPSA) is 55.8 Å². The second-order valence-electron chi connectivity index (χ2n) is 3.13. The second-order valence-corrected chi connectivity index (χ2v) is 6.46. The van der Waals surface area contributed by atoms with Crippen molar-refractivity contribution in [3.63, 3.8) is 0 Å². The molecule has 0 fully saturated rings. The fourth-order valence-corrected chi connectivity index (χ4v) is 3.51. The van der Waals surface area contributed by atoms with Gasteiger partial charge >= 0.3 is 7.60 Å². The largest absolute Gasteiger partial charge is 0.379 e. The van der Waals surface area contributed by atoms with Gasteiger partial charge in [0.25, 0.3) is 0 Å². The lowest BCUT2D eigenvalue weighted by atomic mass is 10.2. The Morgan fingerprint density at radius 2 is 1.75 bits per heavy atom. The van der Waals surface area contributed by atoms with E-state index in [0.29, 0.717) is 0 Å². The highest BCUT2D eigenvalue weighted by atomic mass is 79.9. The molecule has 1 aromatic carbocycles. The Kier molecular flexibility index (Phi) is 5.15. The third-order valence-corrected chi connectivity index (χ3v) is 5.61. The van der Waals surface area contributed by atoms with E-state index in [1.807, 2.05) is 30.3 Å². The highest BCUT2D eigenvalue weighted by Crippen LogP contribution is 2.56. The van der Waals surface area contributed by atoms with Crippen molar-refractivity contribution in [3.8, 4) is 0 Å². The lowest BCUT2D eigenvalue weighted by molar-refractivity contribution is 0.173. The van der Waals surface area contributed by atoms with Crippen molar-refractivity contribution >= 4 is 23.5 Å². The monoisotopic (exact) mass is 308 g/mol. The van der Waals surface area contributed by atoms with Crippen LogP contribution in [0.1, 0.15) is 10.4 Å². The number of benzene rings is 1. The van der Waals surface area contributed by atoms with Crippen molar-refractivity contribution < 1.29 is 18.7 Å². The molecule has 0 heterocycles. The van der Waals surface area contributed by atoms with E-state index in [9.17, 15) is 9.67 Å². The molecule has 0 radical (unpaired) electrons. The van der Waals surface area contributed by atoms with Crippen LogP contribution in [0.25, 0.3) is 0 Å². The molecule has 0 aliphatic rings. The zero-order valence-corrected chi connectivity index (χ0v) is 11.5. The van der Waals surface area contributed by atoms with Crippen LogP contribution in [-0.4, -0.2) is 25.2 Å². The van der Waals surface area contributed by atoms with Gasteiger partial charge in [0.1, 0.15) is 0 Å². The zero-order chi connectivity index (χ0) is 12.2.